The molecule has 0 amide bonds. The SMILES string of the molecule is O=C(O)c1cccc(N2CCC(O)CC2)c1Cl.[LiH]. The van der Waals surface area contributed by atoms with Gasteiger partial charge in [0.1, 0.15) is 0 Å². The first-order chi connectivity index (χ1) is 8.09. The van der Waals surface area contributed by atoms with Crippen molar-refractivity contribution in [2.24, 2.45) is 0 Å². The van der Waals surface area contributed by atoms with E-state index in [4.69, 9.17) is 16.7 Å². The summed E-state index contributed by atoms with van der Waals surface area (Å²) in [5, 5.41) is 18.7. The molecule has 0 radical (unpaired) electrons. The van der Waals surface area contributed by atoms with Crippen molar-refractivity contribution in [2.45, 2.75) is 18.9 Å². The van der Waals surface area contributed by atoms with E-state index in [0.29, 0.717) is 25.9 Å². The molecular weight excluding hydrogens is 249 g/mol. The Morgan fingerprint density at radius 1 is 1.33 bits per heavy atom. The fraction of sp³-hybridized carbons (Fsp3) is 0.417. The topological polar surface area (TPSA) is 60.8 Å². The maximum absolute atomic E-state index is 11.0. The van der Waals surface area contributed by atoms with Crippen LogP contribution in [0.5, 0.6) is 0 Å². The van der Waals surface area contributed by atoms with Crippen LogP contribution in [0.15, 0.2) is 18.2 Å². The quantitative estimate of drug-likeness (QED) is 0.791. The van der Waals surface area contributed by atoms with E-state index in [-0.39, 0.29) is 35.6 Å². The average Bonchev–Trinajstić information content (AvgIpc) is 2.30. The van der Waals surface area contributed by atoms with Gasteiger partial charge in [0, 0.05) is 13.1 Å². The van der Waals surface area contributed by atoms with Crippen LogP contribution in [0.3, 0.4) is 0 Å². The number of anilines is 1. The number of nitrogens with zero attached hydrogens (tertiary/aromatic N) is 1. The number of carboxylic acid groups (broad SMARTS) is 1. The molecule has 1 aliphatic heterocycles. The summed E-state index contributed by atoms with van der Waals surface area (Å²) < 4.78 is 0. The molecule has 0 unspecified atom stereocenters. The molecule has 4 nitrogen and oxygen atoms in total. The summed E-state index contributed by atoms with van der Waals surface area (Å²) >= 11 is 6.09. The maximum atomic E-state index is 11.0. The van der Waals surface area contributed by atoms with Gasteiger partial charge >= 0.3 is 24.8 Å². The Morgan fingerprint density at radius 2 is 1.94 bits per heavy atom. The van der Waals surface area contributed by atoms with Gasteiger partial charge in [-0.2, -0.15) is 0 Å². The van der Waals surface area contributed by atoms with Gasteiger partial charge in [-0.25, -0.2) is 4.79 Å². The molecule has 18 heavy (non-hydrogen) atoms. The van der Waals surface area contributed by atoms with Gasteiger partial charge in [0.15, 0.2) is 0 Å². The number of halogens is 1. The molecule has 0 aliphatic carbocycles. The summed E-state index contributed by atoms with van der Waals surface area (Å²) in [5.74, 6) is -1.02. The molecule has 1 aromatic rings. The first-order valence-corrected chi connectivity index (χ1v) is 5.92. The number of carbonyl (C=O) groups is 1. The summed E-state index contributed by atoms with van der Waals surface area (Å²) in [7, 11) is 0. The number of aromatic carboxylic acids is 1. The predicted molar refractivity (Wildman–Crippen MR) is 73.0 cm³/mol. The normalized spacial score (nSPS) is 16.2. The second-order valence-corrected chi connectivity index (χ2v) is 4.54. The van der Waals surface area contributed by atoms with Gasteiger partial charge in [-0.1, -0.05) is 17.7 Å². The fourth-order valence-electron chi connectivity index (χ4n) is 2.04. The summed E-state index contributed by atoms with van der Waals surface area (Å²) in [5.41, 5.74) is 0.855. The molecule has 2 rings (SSSR count). The Morgan fingerprint density at radius 3 is 2.50 bits per heavy atom. The van der Waals surface area contributed by atoms with Crippen LogP contribution in [0.25, 0.3) is 0 Å². The number of rotatable bonds is 2. The molecule has 2 N–H and O–H groups in total. The van der Waals surface area contributed by atoms with E-state index in [0.717, 1.165) is 5.69 Å². The Labute approximate surface area is 123 Å². The molecule has 0 spiro atoms. The minimum atomic E-state index is -1.02. The van der Waals surface area contributed by atoms with Crippen LogP contribution in [-0.2, 0) is 0 Å². The number of hydrogen-bond acceptors (Lipinski definition) is 3. The van der Waals surface area contributed by atoms with Crippen LogP contribution in [0, 0.1) is 0 Å². The van der Waals surface area contributed by atoms with Crippen LogP contribution >= 0.6 is 11.6 Å². The molecule has 0 atom stereocenters. The van der Waals surface area contributed by atoms with Gasteiger partial charge in [0.05, 0.1) is 22.4 Å². The van der Waals surface area contributed by atoms with Crippen molar-refractivity contribution in [1.82, 2.24) is 0 Å². The molecule has 0 bridgehead atoms. The molecule has 6 heteroatoms. The molecule has 1 aliphatic rings. The zero-order chi connectivity index (χ0) is 12.4. The molecule has 0 aromatic heterocycles. The minimum absolute atomic E-state index is 0. The molecule has 1 aromatic carbocycles. The summed E-state index contributed by atoms with van der Waals surface area (Å²) in [6.07, 6.45) is 1.12. The standard InChI is InChI=1S/C12H14ClNO3.Li.H/c13-11-9(12(16)17)2-1-3-10(11)14-6-4-8(15)5-7-14;;/h1-3,8,15H,4-7H2,(H,16,17);;. The number of aliphatic hydroxyl groups is 1. The first-order valence-electron chi connectivity index (χ1n) is 5.54. The zero-order valence-electron chi connectivity index (χ0n) is 9.27. The third-order valence-corrected chi connectivity index (χ3v) is 3.41. The van der Waals surface area contributed by atoms with Crippen molar-refractivity contribution in [3.05, 3.63) is 28.8 Å². The first kappa shape index (κ1) is 15.4. The molecule has 1 fully saturated rings. The van der Waals surface area contributed by atoms with Crippen molar-refractivity contribution < 1.29 is 15.0 Å². The van der Waals surface area contributed by atoms with Crippen LogP contribution < -0.4 is 4.90 Å². The fourth-order valence-corrected chi connectivity index (χ4v) is 2.36. The number of piperidine rings is 1. The van der Waals surface area contributed by atoms with Gasteiger partial charge in [-0.15, -0.1) is 0 Å². The average molecular weight is 264 g/mol. The summed E-state index contributed by atoms with van der Waals surface area (Å²) in [6, 6.07) is 5.00. The van der Waals surface area contributed by atoms with E-state index < -0.39 is 5.97 Å². The number of aliphatic hydroxyl groups excluding tert-OH is 1. The zero-order valence-corrected chi connectivity index (χ0v) is 10.0. The molecular formula is C12H15ClLiNO3. The summed E-state index contributed by atoms with van der Waals surface area (Å²) in [6.45, 7) is 1.40. The monoisotopic (exact) mass is 263 g/mol. The van der Waals surface area contributed by atoms with E-state index in [1.807, 2.05) is 11.0 Å². The van der Waals surface area contributed by atoms with Crippen LogP contribution in [0.4, 0.5) is 5.69 Å². The van der Waals surface area contributed by atoms with Gasteiger partial charge in [-0.05, 0) is 25.0 Å². The third-order valence-electron chi connectivity index (χ3n) is 3.01. The second-order valence-electron chi connectivity index (χ2n) is 4.16. The number of benzene rings is 1. The third kappa shape index (κ3) is 3.21. The van der Waals surface area contributed by atoms with E-state index in [2.05, 4.69) is 0 Å². The van der Waals surface area contributed by atoms with Gasteiger partial charge in [-0.3, -0.25) is 0 Å². The van der Waals surface area contributed by atoms with E-state index in [1.54, 1.807) is 6.07 Å². The Kier molecular flexibility index (Phi) is 5.55. The van der Waals surface area contributed by atoms with E-state index >= 15 is 0 Å². The van der Waals surface area contributed by atoms with Gasteiger partial charge < -0.3 is 15.1 Å². The number of hydrogen-bond donors (Lipinski definition) is 2. The van der Waals surface area contributed by atoms with Crippen LogP contribution in [0.2, 0.25) is 5.02 Å². The van der Waals surface area contributed by atoms with Gasteiger partial charge in [0.2, 0.25) is 0 Å². The second kappa shape index (κ2) is 6.49. The summed E-state index contributed by atoms with van der Waals surface area (Å²) in [4.78, 5) is 13.0. The van der Waals surface area contributed by atoms with Crippen molar-refractivity contribution in [2.75, 3.05) is 18.0 Å². The Balaban J connectivity index is 0.00000162. The van der Waals surface area contributed by atoms with Crippen molar-refractivity contribution >= 4 is 42.1 Å². The van der Waals surface area contributed by atoms with Crippen LogP contribution in [-0.4, -0.2) is 54.2 Å². The molecule has 0 saturated carbocycles. The molecule has 1 heterocycles. The Bertz CT molecular complexity index is 433. The van der Waals surface area contributed by atoms with Crippen molar-refractivity contribution in [1.29, 1.82) is 0 Å². The van der Waals surface area contributed by atoms with Gasteiger partial charge in [0.25, 0.3) is 0 Å². The molecule has 94 valence electrons. The van der Waals surface area contributed by atoms with Crippen molar-refractivity contribution in [3.8, 4) is 0 Å². The van der Waals surface area contributed by atoms with Crippen LogP contribution in [0.1, 0.15) is 23.2 Å². The molecule has 1 saturated heterocycles. The van der Waals surface area contributed by atoms with Crippen molar-refractivity contribution in [3.63, 3.8) is 0 Å². The van der Waals surface area contributed by atoms with E-state index in [1.165, 1.54) is 6.07 Å². The number of carboxylic acids is 1. The predicted octanol–water partition coefficient (Wildman–Crippen LogP) is 1.35. The van der Waals surface area contributed by atoms with E-state index in [9.17, 15) is 9.90 Å². The Hall–Kier alpha value is -0.663.